The quantitative estimate of drug-likeness (QED) is 0.811. The molecule has 0 radical (unpaired) electrons. The second kappa shape index (κ2) is 5.33. The van der Waals surface area contributed by atoms with Crippen LogP contribution in [0.15, 0.2) is 18.2 Å². The zero-order valence-electron chi connectivity index (χ0n) is 10.5. The van der Waals surface area contributed by atoms with E-state index in [1.54, 1.807) is 7.11 Å². The van der Waals surface area contributed by atoms with E-state index in [9.17, 15) is 0 Å². The van der Waals surface area contributed by atoms with Gasteiger partial charge < -0.3 is 20.3 Å². The summed E-state index contributed by atoms with van der Waals surface area (Å²) in [6.45, 7) is 3.62. The Morgan fingerprint density at radius 1 is 1.47 bits per heavy atom. The molecule has 1 aromatic rings. The molecule has 1 fully saturated rings. The summed E-state index contributed by atoms with van der Waals surface area (Å²) in [5.41, 5.74) is 5.84. The molecule has 0 amide bonds. The van der Waals surface area contributed by atoms with Crippen molar-refractivity contribution >= 4 is 5.82 Å². The minimum absolute atomic E-state index is 0.327. The van der Waals surface area contributed by atoms with Gasteiger partial charge in [0.15, 0.2) is 0 Å². The monoisotopic (exact) mass is 236 g/mol. The van der Waals surface area contributed by atoms with Gasteiger partial charge in [-0.2, -0.15) is 4.98 Å². The van der Waals surface area contributed by atoms with E-state index < -0.39 is 0 Å². The van der Waals surface area contributed by atoms with Gasteiger partial charge in [0.05, 0.1) is 13.2 Å². The van der Waals surface area contributed by atoms with Crippen LogP contribution in [0.3, 0.4) is 0 Å². The Kier molecular flexibility index (Phi) is 3.81. The Labute approximate surface area is 102 Å². The van der Waals surface area contributed by atoms with Gasteiger partial charge in [0, 0.05) is 32.2 Å². The number of nitrogens with two attached hydrogens (primary N) is 1. The minimum atomic E-state index is 0.327. The molecular formula is C12H20N4O. The molecule has 0 aliphatic carbocycles. The molecular weight excluding hydrogens is 216 g/mol. The van der Waals surface area contributed by atoms with Crippen LogP contribution < -0.4 is 15.4 Å². The molecule has 1 atom stereocenters. The van der Waals surface area contributed by atoms with Crippen molar-refractivity contribution in [1.82, 2.24) is 9.88 Å². The zero-order chi connectivity index (χ0) is 12.3. The topological polar surface area (TPSA) is 54.6 Å². The zero-order valence-corrected chi connectivity index (χ0v) is 10.5. The summed E-state index contributed by atoms with van der Waals surface area (Å²) < 4.78 is 5.16. The molecule has 1 unspecified atom stereocenters. The van der Waals surface area contributed by atoms with Crippen LogP contribution in [-0.4, -0.2) is 56.3 Å². The van der Waals surface area contributed by atoms with Crippen LogP contribution in [0.4, 0.5) is 5.82 Å². The Morgan fingerprint density at radius 3 is 3.00 bits per heavy atom. The molecule has 0 aromatic carbocycles. The number of anilines is 1. The SMILES string of the molecule is COc1cccc(N2CCN(C)CC2CN)n1. The smallest absolute Gasteiger partial charge is 0.214 e. The maximum absolute atomic E-state index is 5.84. The molecule has 5 nitrogen and oxygen atoms in total. The molecule has 5 heteroatoms. The van der Waals surface area contributed by atoms with E-state index in [1.807, 2.05) is 18.2 Å². The standard InChI is InChI=1S/C12H20N4O/c1-15-6-7-16(10(8-13)9-15)11-4-3-5-12(14-11)17-2/h3-5,10H,6-9,13H2,1-2H3. The van der Waals surface area contributed by atoms with Crippen molar-refractivity contribution in [3.05, 3.63) is 18.2 Å². The van der Waals surface area contributed by atoms with Crippen molar-refractivity contribution in [1.29, 1.82) is 0 Å². The number of hydrogen-bond donors (Lipinski definition) is 1. The lowest BCUT2D eigenvalue weighted by Gasteiger charge is -2.40. The van der Waals surface area contributed by atoms with E-state index >= 15 is 0 Å². The number of methoxy groups -OCH3 is 1. The van der Waals surface area contributed by atoms with Gasteiger partial charge in [0.2, 0.25) is 5.88 Å². The number of ether oxygens (including phenoxy) is 1. The number of nitrogens with zero attached hydrogens (tertiary/aromatic N) is 3. The third-order valence-corrected chi connectivity index (χ3v) is 3.17. The van der Waals surface area contributed by atoms with E-state index in [-0.39, 0.29) is 0 Å². The first-order valence-electron chi connectivity index (χ1n) is 5.91. The van der Waals surface area contributed by atoms with Crippen molar-refractivity contribution in [3.63, 3.8) is 0 Å². The van der Waals surface area contributed by atoms with E-state index in [1.165, 1.54) is 0 Å². The normalized spacial score (nSPS) is 21.6. The summed E-state index contributed by atoms with van der Waals surface area (Å²) in [5.74, 6) is 1.60. The van der Waals surface area contributed by atoms with Crippen molar-refractivity contribution in [2.24, 2.45) is 5.73 Å². The van der Waals surface area contributed by atoms with Gasteiger partial charge in [-0.25, -0.2) is 0 Å². The molecule has 1 saturated heterocycles. The van der Waals surface area contributed by atoms with Gasteiger partial charge in [-0.05, 0) is 13.1 Å². The first-order valence-corrected chi connectivity index (χ1v) is 5.91. The van der Waals surface area contributed by atoms with Crippen LogP contribution in [0, 0.1) is 0 Å². The summed E-state index contributed by atoms with van der Waals surface area (Å²) in [6.07, 6.45) is 0. The van der Waals surface area contributed by atoms with Gasteiger partial charge in [-0.1, -0.05) is 6.07 Å². The maximum atomic E-state index is 5.84. The van der Waals surface area contributed by atoms with Gasteiger partial charge >= 0.3 is 0 Å². The number of hydrogen-bond acceptors (Lipinski definition) is 5. The molecule has 0 spiro atoms. The Hall–Kier alpha value is -1.33. The van der Waals surface area contributed by atoms with E-state index in [4.69, 9.17) is 10.5 Å². The van der Waals surface area contributed by atoms with Crippen molar-refractivity contribution in [3.8, 4) is 5.88 Å². The first-order chi connectivity index (χ1) is 8.24. The molecule has 94 valence electrons. The number of likely N-dealkylation sites (N-methyl/N-ethyl adjacent to an activating group) is 1. The lowest BCUT2D eigenvalue weighted by molar-refractivity contribution is 0.268. The second-order valence-electron chi connectivity index (χ2n) is 4.38. The average molecular weight is 236 g/mol. The van der Waals surface area contributed by atoms with Crippen molar-refractivity contribution < 1.29 is 4.74 Å². The first kappa shape index (κ1) is 12.1. The summed E-state index contributed by atoms with van der Waals surface area (Å²) in [7, 11) is 3.76. The molecule has 0 saturated carbocycles. The van der Waals surface area contributed by atoms with Gasteiger partial charge in [-0.15, -0.1) is 0 Å². The van der Waals surface area contributed by atoms with Crippen molar-refractivity contribution in [2.45, 2.75) is 6.04 Å². The molecule has 17 heavy (non-hydrogen) atoms. The Morgan fingerprint density at radius 2 is 2.29 bits per heavy atom. The van der Waals surface area contributed by atoms with E-state index in [0.29, 0.717) is 18.5 Å². The Balaban J connectivity index is 2.19. The number of aromatic nitrogens is 1. The van der Waals surface area contributed by atoms with Crippen molar-refractivity contribution in [2.75, 3.05) is 45.2 Å². The number of rotatable bonds is 3. The number of piperazine rings is 1. The largest absolute Gasteiger partial charge is 0.481 e. The van der Waals surface area contributed by atoms with Crippen LogP contribution in [0.25, 0.3) is 0 Å². The third kappa shape index (κ3) is 2.68. The molecule has 2 rings (SSSR count). The van der Waals surface area contributed by atoms with Crippen LogP contribution in [-0.2, 0) is 0 Å². The summed E-state index contributed by atoms with van der Waals surface area (Å²) in [5, 5.41) is 0. The Bertz CT molecular complexity index is 371. The lowest BCUT2D eigenvalue weighted by atomic mass is 10.1. The minimum Gasteiger partial charge on any atom is -0.481 e. The highest BCUT2D eigenvalue weighted by molar-refractivity contribution is 5.42. The van der Waals surface area contributed by atoms with Gasteiger partial charge in [-0.3, -0.25) is 0 Å². The predicted octanol–water partition coefficient (Wildman–Crippen LogP) is 0.169. The predicted molar refractivity (Wildman–Crippen MR) is 68.5 cm³/mol. The fourth-order valence-corrected chi connectivity index (χ4v) is 2.19. The van der Waals surface area contributed by atoms with E-state index in [0.717, 1.165) is 25.5 Å². The average Bonchev–Trinajstić information content (AvgIpc) is 2.38. The highest BCUT2D eigenvalue weighted by Gasteiger charge is 2.25. The fourth-order valence-electron chi connectivity index (χ4n) is 2.19. The molecule has 2 heterocycles. The van der Waals surface area contributed by atoms with Gasteiger partial charge in [0.1, 0.15) is 5.82 Å². The van der Waals surface area contributed by atoms with Crippen LogP contribution in [0.1, 0.15) is 0 Å². The van der Waals surface area contributed by atoms with Gasteiger partial charge in [0.25, 0.3) is 0 Å². The molecule has 1 aliphatic heterocycles. The molecule has 0 bridgehead atoms. The molecule has 1 aliphatic rings. The maximum Gasteiger partial charge on any atom is 0.214 e. The second-order valence-corrected chi connectivity index (χ2v) is 4.38. The lowest BCUT2D eigenvalue weighted by Crippen LogP contribution is -2.55. The van der Waals surface area contributed by atoms with Crippen LogP contribution in [0.2, 0.25) is 0 Å². The summed E-state index contributed by atoms with van der Waals surface area (Å²) in [6, 6.07) is 6.16. The molecule has 2 N–H and O–H groups in total. The van der Waals surface area contributed by atoms with Crippen LogP contribution in [0.5, 0.6) is 5.88 Å². The van der Waals surface area contributed by atoms with Crippen LogP contribution >= 0.6 is 0 Å². The fraction of sp³-hybridized carbons (Fsp3) is 0.583. The highest BCUT2D eigenvalue weighted by Crippen LogP contribution is 2.20. The molecule has 1 aromatic heterocycles. The van der Waals surface area contributed by atoms with E-state index in [2.05, 4.69) is 21.8 Å². The summed E-state index contributed by atoms with van der Waals surface area (Å²) >= 11 is 0. The number of pyridine rings is 1. The highest BCUT2D eigenvalue weighted by atomic mass is 16.5. The summed E-state index contributed by atoms with van der Waals surface area (Å²) in [4.78, 5) is 9.03. The third-order valence-electron chi connectivity index (χ3n) is 3.17.